The van der Waals surface area contributed by atoms with Gasteiger partial charge in [-0.05, 0) is 49.2 Å². The van der Waals surface area contributed by atoms with E-state index in [0.29, 0.717) is 24.6 Å². The molecule has 0 radical (unpaired) electrons. The monoisotopic (exact) mass is 368 g/mol. The zero-order chi connectivity index (χ0) is 19.6. The average Bonchev–Trinajstić information content (AvgIpc) is 2.67. The van der Waals surface area contributed by atoms with Crippen LogP contribution in [0.2, 0.25) is 0 Å². The van der Waals surface area contributed by atoms with Gasteiger partial charge in [0.15, 0.2) is 5.96 Å². The fraction of sp³-hybridized carbons (Fsp3) is 0.333. The van der Waals surface area contributed by atoms with E-state index in [2.05, 4.69) is 20.9 Å². The molecule has 0 fully saturated rings. The van der Waals surface area contributed by atoms with E-state index >= 15 is 0 Å². The number of hydrogen-bond acceptors (Lipinski definition) is 3. The van der Waals surface area contributed by atoms with Crippen molar-refractivity contribution < 1.29 is 9.53 Å². The summed E-state index contributed by atoms with van der Waals surface area (Å²) in [6.45, 7) is 5.24. The van der Waals surface area contributed by atoms with Gasteiger partial charge < -0.3 is 20.7 Å². The molecule has 0 aliphatic heterocycles. The van der Waals surface area contributed by atoms with Crippen molar-refractivity contribution >= 4 is 11.9 Å². The van der Waals surface area contributed by atoms with Crippen LogP contribution in [0.1, 0.15) is 28.4 Å². The fourth-order valence-corrected chi connectivity index (χ4v) is 2.58. The van der Waals surface area contributed by atoms with Crippen LogP contribution in [0.25, 0.3) is 0 Å². The number of aliphatic imine (C=N–C) groups is 1. The second-order valence-corrected chi connectivity index (χ2v) is 6.33. The molecule has 6 heteroatoms. The Bertz CT molecular complexity index is 789. The standard InChI is InChI=1S/C21H28N4O2/c1-15-7-5-10-19(11-15)27-16(2)13-24-21(23-4)25-14-17-8-6-9-18(12-17)20(26)22-3/h5-12,16H,13-14H2,1-4H3,(H,22,26)(H2,23,24,25). The lowest BCUT2D eigenvalue weighted by Crippen LogP contribution is -2.41. The Morgan fingerprint density at radius 3 is 2.63 bits per heavy atom. The molecular weight excluding hydrogens is 340 g/mol. The molecule has 0 aliphatic carbocycles. The predicted octanol–water partition coefficient (Wildman–Crippen LogP) is 2.49. The summed E-state index contributed by atoms with van der Waals surface area (Å²) in [5.41, 5.74) is 2.81. The molecule has 0 heterocycles. The van der Waals surface area contributed by atoms with E-state index in [9.17, 15) is 4.79 Å². The van der Waals surface area contributed by atoms with Gasteiger partial charge in [-0.3, -0.25) is 9.79 Å². The van der Waals surface area contributed by atoms with Crippen molar-refractivity contribution in [3.05, 3.63) is 65.2 Å². The Morgan fingerprint density at radius 1 is 1.15 bits per heavy atom. The van der Waals surface area contributed by atoms with Crippen LogP contribution in [0.15, 0.2) is 53.5 Å². The van der Waals surface area contributed by atoms with Crippen LogP contribution >= 0.6 is 0 Å². The molecule has 144 valence electrons. The van der Waals surface area contributed by atoms with Gasteiger partial charge in [0, 0.05) is 26.2 Å². The van der Waals surface area contributed by atoms with E-state index in [-0.39, 0.29) is 12.0 Å². The van der Waals surface area contributed by atoms with Gasteiger partial charge in [0.2, 0.25) is 0 Å². The van der Waals surface area contributed by atoms with Gasteiger partial charge >= 0.3 is 0 Å². The zero-order valence-corrected chi connectivity index (χ0v) is 16.4. The summed E-state index contributed by atoms with van der Waals surface area (Å²) in [7, 11) is 3.35. The molecule has 27 heavy (non-hydrogen) atoms. The molecule has 0 aliphatic rings. The first-order valence-corrected chi connectivity index (χ1v) is 9.00. The Morgan fingerprint density at radius 2 is 1.93 bits per heavy atom. The number of nitrogens with zero attached hydrogens (tertiary/aromatic N) is 1. The van der Waals surface area contributed by atoms with Gasteiger partial charge in [0.05, 0.1) is 6.54 Å². The Labute approximate surface area is 161 Å². The van der Waals surface area contributed by atoms with E-state index in [1.807, 2.05) is 56.3 Å². The van der Waals surface area contributed by atoms with Crippen LogP contribution in [0.5, 0.6) is 5.75 Å². The maximum absolute atomic E-state index is 11.7. The first-order valence-electron chi connectivity index (χ1n) is 9.00. The van der Waals surface area contributed by atoms with Crippen LogP contribution in [0, 0.1) is 6.92 Å². The number of hydrogen-bond donors (Lipinski definition) is 3. The van der Waals surface area contributed by atoms with Crippen molar-refractivity contribution in [1.82, 2.24) is 16.0 Å². The molecule has 0 spiro atoms. The molecule has 0 aromatic heterocycles. The molecular formula is C21H28N4O2. The molecule has 1 atom stereocenters. The minimum absolute atomic E-state index is 0.0121. The molecule has 2 rings (SSSR count). The van der Waals surface area contributed by atoms with Gasteiger partial charge in [-0.25, -0.2) is 0 Å². The number of amides is 1. The van der Waals surface area contributed by atoms with Crippen molar-refractivity contribution in [2.24, 2.45) is 4.99 Å². The Balaban J connectivity index is 1.83. The normalized spacial score (nSPS) is 12.2. The number of guanidine groups is 1. The second-order valence-electron chi connectivity index (χ2n) is 6.33. The molecule has 1 amide bonds. The van der Waals surface area contributed by atoms with E-state index in [1.54, 1.807) is 20.2 Å². The highest BCUT2D eigenvalue weighted by atomic mass is 16.5. The van der Waals surface area contributed by atoms with E-state index in [1.165, 1.54) is 5.56 Å². The summed E-state index contributed by atoms with van der Waals surface area (Å²) >= 11 is 0. The van der Waals surface area contributed by atoms with Crippen LogP contribution in [0.4, 0.5) is 0 Å². The number of carbonyl (C=O) groups excluding carboxylic acids is 1. The number of rotatable bonds is 7. The number of aryl methyl sites for hydroxylation is 1. The smallest absolute Gasteiger partial charge is 0.251 e. The van der Waals surface area contributed by atoms with Gasteiger partial charge in [-0.2, -0.15) is 0 Å². The third-order valence-corrected chi connectivity index (χ3v) is 3.98. The molecule has 1 unspecified atom stereocenters. The first kappa shape index (κ1) is 20.3. The van der Waals surface area contributed by atoms with E-state index < -0.39 is 0 Å². The quantitative estimate of drug-likeness (QED) is 0.518. The van der Waals surface area contributed by atoms with E-state index in [0.717, 1.165) is 11.3 Å². The first-order chi connectivity index (χ1) is 13.0. The minimum Gasteiger partial charge on any atom is -0.489 e. The third kappa shape index (κ3) is 6.66. The van der Waals surface area contributed by atoms with Crippen molar-refractivity contribution in [1.29, 1.82) is 0 Å². The molecule has 0 bridgehead atoms. The molecule has 0 saturated heterocycles. The Kier molecular flexibility index (Phi) is 7.67. The largest absolute Gasteiger partial charge is 0.489 e. The molecule has 3 N–H and O–H groups in total. The van der Waals surface area contributed by atoms with Crippen molar-refractivity contribution in [3.63, 3.8) is 0 Å². The van der Waals surface area contributed by atoms with Crippen LogP contribution < -0.4 is 20.7 Å². The maximum atomic E-state index is 11.7. The van der Waals surface area contributed by atoms with Crippen molar-refractivity contribution in [2.75, 3.05) is 20.6 Å². The summed E-state index contributed by atoms with van der Waals surface area (Å²) in [5.74, 6) is 1.44. The third-order valence-electron chi connectivity index (χ3n) is 3.98. The maximum Gasteiger partial charge on any atom is 0.251 e. The summed E-state index contributed by atoms with van der Waals surface area (Å²) in [5, 5.41) is 9.14. The van der Waals surface area contributed by atoms with Crippen molar-refractivity contribution in [3.8, 4) is 5.75 Å². The SMILES string of the molecule is CN=C(NCc1cccc(C(=O)NC)c1)NCC(C)Oc1cccc(C)c1. The Hall–Kier alpha value is -3.02. The van der Waals surface area contributed by atoms with Gasteiger partial charge in [0.25, 0.3) is 5.91 Å². The van der Waals surface area contributed by atoms with Crippen LogP contribution in [-0.2, 0) is 6.54 Å². The topological polar surface area (TPSA) is 74.8 Å². The number of benzene rings is 2. The highest BCUT2D eigenvalue weighted by Crippen LogP contribution is 2.13. The lowest BCUT2D eigenvalue weighted by Gasteiger charge is -2.18. The summed E-state index contributed by atoms with van der Waals surface area (Å²) in [4.78, 5) is 16.0. The van der Waals surface area contributed by atoms with Crippen LogP contribution in [0.3, 0.4) is 0 Å². The summed E-state index contributed by atoms with van der Waals surface area (Å²) in [6.07, 6.45) is -0.0121. The van der Waals surface area contributed by atoms with Crippen molar-refractivity contribution in [2.45, 2.75) is 26.5 Å². The molecule has 6 nitrogen and oxygen atoms in total. The fourth-order valence-electron chi connectivity index (χ4n) is 2.58. The summed E-state index contributed by atoms with van der Waals surface area (Å²) in [6, 6.07) is 15.5. The second kappa shape index (κ2) is 10.2. The van der Waals surface area contributed by atoms with Gasteiger partial charge in [-0.1, -0.05) is 24.3 Å². The lowest BCUT2D eigenvalue weighted by atomic mass is 10.1. The number of carbonyl (C=O) groups is 1. The summed E-state index contributed by atoms with van der Waals surface area (Å²) < 4.78 is 5.92. The lowest BCUT2D eigenvalue weighted by molar-refractivity contribution is 0.0963. The number of ether oxygens (including phenoxy) is 1. The zero-order valence-electron chi connectivity index (χ0n) is 16.4. The average molecular weight is 368 g/mol. The van der Waals surface area contributed by atoms with Gasteiger partial charge in [0.1, 0.15) is 11.9 Å². The highest BCUT2D eigenvalue weighted by molar-refractivity contribution is 5.94. The highest BCUT2D eigenvalue weighted by Gasteiger charge is 2.07. The number of nitrogens with one attached hydrogen (secondary N) is 3. The van der Waals surface area contributed by atoms with E-state index in [4.69, 9.17) is 4.74 Å². The molecule has 2 aromatic rings. The molecule has 0 saturated carbocycles. The predicted molar refractivity (Wildman–Crippen MR) is 109 cm³/mol. The minimum atomic E-state index is -0.0959. The molecule has 2 aromatic carbocycles. The van der Waals surface area contributed by atoms with Crippen LogP contribution in [-0.4, -0.2) is 38.6 Å². The van der Waals surface area contributed by atoms with Gasteiger partial charge in [-0.15, -0.1) is 0 Å².